The number of rotatable bonds is 11. The molecule has 0 unspecified atom stereocenters. The summed E-state index contributed by atoms with van der Waals surface area (Å²) in [6, 6.07) is 14.1. The zero-order valence-electron chi connectivity index (χ0n) is 27.5. The number of nitrogens with zero attached hydrogens (tertiary/aromatic N) is 1. The maximum Gasteiger partial charge on any atom is 0.303 e. The standard InChI is InChI=1S/C35H33NO13/c1-17(37)45-16-25(46-18(2)38)32(47-19(3)39)34(49-21(5)41)33(48-20(4)40)29-28-27(30(42)23-14-10-11-15-24(23)31(28)43)26(35(44)36(29)6)22-12-8-7-9-13-22/h7-15,25,32-34H,16H2,1-6H3/t25-,32-,33-,34-/m1/s1. The third kappa shape index (κ3) is 7.64. The minimum Gasteiger partial charge on any atom is -0.462 e. The summed E-state index contributed by atoms with van der Waals surface area (Å²) in [5, 5.41) is 0. The Morgan fingerprint density at radius 2 is 1.08 bits per heavy atom. The number of carbonyl (C=O) groups is 7. The zero-order valence-corrected chi connectivity index (χ0v) is 27.5. The highest BCUT2D eigenvalue weighted by Gasteiger charge is 2.48. The maximum absolute atomic E-state index is 14.4. The Bertz CT molecular complexity index is 1910. The van der Waals surface area contributed by atoms with Crippen LogP contribution in [-0.2, 0) is 54.7 Å². The Morgan fingerprint density at radius 1 is 0.592 bits per heavy atom. The van der Waals surface area contributed by atoms with Crippen molar-refractivity contribution in [3.8, 4) is 11.1 Å². The second kappa shape index (κ2) is 14.9. The molecule has 2 aromatic carbocycles. The molecule has 4 atom stereocenters. The smallest absolute Gasteiger partial charge is 0.303 e. The molecule has 0 bridgehead atoms. The van der Waals surface area contributed by atoms with Crippen LogP contribution in [0.5, 0.6) is 0 Å². The number of aromatic nitrogens is 1. The van der Waals surface area contributed by atoms with E-state index < -0.39 is 78.0 Å². The van der Waals surface area contributed by atoms with Gasteiger partial charge in [0.2, 0.25) is 0 Å². The van der Waals surface area contributed by atoms with Crippen molar-refractivity contribution < 1.29 is 57.2 Å². The van der Waals surface area contributed by atoms with E-state index in [0.717, 1.165) is 39.2 Å². The van der Waals surface area contributed by atoms with E-state index in [1.165, 1.54) is 25.2 Å². The molecule has 1 aromatic heterocycles. The fourth-order valence-electron chi connectivity index (χ4n) is 5.72. The summed E-state index contributed by atoms with van der Waals surface area (Å²) in [5.41, 5.74) is -1.64. The minimum atomic E-state index is -1.96. The first kappa shape index (κ1) is 35.9. The van der Waals surface area contributed by atoms with Crippen LogP contribution in [0.4, 0.5) is 0 Å². The molecule has 0 amide bonds. The summed E-state index contributed by atoms with van der Waals surface area (Å²) >= 11 is 0. The van der Waals surface area contributed by atoms with Crippen molar-refractivity contribution in [2.75, 3.05) is 6.61 Å². The summed E-state index contributed by atoms with van der Waals surface area (Å²) < 4.78 is 28.1. The predicted octanol–water partition coefficient (Wildman–Crippen LogP) is 2.79. The topological polar surface area (TPSA) is 188 Å². The number of hydrogen-bond donors (Lipinski definition) is 0. The summed E-state index contributed by atoms with van der Waals surface area (Å²) in [7, 11) is 1.26. The quantitative estimate of drug-likeness (QED) is 0.167. The largest absolute Gasteiger partial charge is 0.462 e. The predicted molar refractivity (Wildman–Crippen MR) is 168 cm³/mol. The molecule has 14 heteroatoms. The van der Waals surface area contributed by atoms with Crippen LogP contribution in [-0.4, -0.2) is 70.9 Å². The molecule has 0 saturated heterocycles. The molecular weight excluding hydrogens is 642 g/mol. The molecule has 1 heterocycles. The highest BCUT2D eigenvalue weighted by molar-refractivity contribution is 6.30. The van der Waals surface area contributed by atoms with Gasteiger partial charge in [0.1, 0.15) is 6.61 Å². The van der Waals surface area contributed by atoms with Crippen molar-refractivity contribution in [2.24, 2.45) is 7.05 Å². The van der Waals surface area contributed by atoms with Gasteiger partial charge >= 0.3 is 29.8 Å². The van der Waals surface area contributed by atoms with Crippen molar-refractivity contribution >= 4 is 41.4 Å². The van der Waals surface area contributed by atoms with Crippen molar-refractivity contribution in [1.82, 2.24) is 4.57 Å². The molecule has 14 nitrogen and oxygen atoms in total. The molecule has 3 aromatic rings. The number of carbonyl (C=O) groups excluding carboxylic acids is 7. The maximum atomic E-state index is 14.4. The lowest BCUT2D eigenvalue weighted by Gasteiger charge is -2.37. The molecule has 49 heavy (non-hydrogen) atoms. The number of pyridine rings is 1. The summed E-state index contributed by atoms with van der Waals surface area (Å²) in [4.78, 5) is 105. The fourth-order valence-corrected chi connectivity index (χ4v) is 5.72. The van der Waals surface area contributed by atoms with Gasteiger partial charge in [-0.05, 0) is 5.56 Å². The summed E-state index contributed by atoms with van der Waals surface area (Å²) in [6.45, 7) is 4.32. The van der Waals surface area contributed by atoms with Gasteiger partial charge in [-0.15, -0.1) is 0 Å². The Labute approximate surface area is 279 Å². The van der Waals surface area contributed by atoms with E-state index in [1.54, 1.807) is 36.4 Å². The summed E-state index contributed by atoms with van der Waals surface area (Å²) in [5.74, 6) is -6.15. The van der Waals surface area contributed by atoms with E-state index in [2.05, 4.69) is 0 Å². The Kier molecular flexibility index (Phi) is 10.9. The van der Waals surface area contributed by atoms with Crippen molar-refractivity contribution in [2.45, 2.75) is 59.0 Å². The third-order valence-electron chi connectivity index (χ3n) is 7.49. The Hall–Kier alpha value is -5.92. The van der Waals surface area contributed by atoms with Crippen molar-refractivity contribution in [3.63, 3.8) is 0 Å². The molecule has 1 aliphatic rings. The van der Waals surface area contributed by atoms with Gasteiger partial charge in [0, 0.05) is 58.4 Å². The van der Waals surface area contributed by atoms with E-state index >= 15 is 0 Å². The van der Waals surface area contributed by atoms with E-state index in [1.807, 2.05) is 0 Å². The molecule has 0 radical (unpaired) electrons. The van der Waals surface area contributed by atoms with E-state index in [9.17, 15) is 38.4 Å². The number of benzene rings is 2. The van der Waals surface area contributed by atoms with E-state index in [0.29, 0.717) is 5.56 Å². The van der Waals surface area contributed by atoms with Gasteiger partial charge in [-0.25, -0.2) is 0 Å². The Morgan fingerprint density at radius 3 is 1.59 bits per heavy atom. The van der Waals surface area contributed by atoms with E-state index in [-0.39, 0.29) is 33.5 Å². The number of ketones is 2. The van der Waals surface area contributed by atoms with Gasteiger partial charge in [-0.2, -0.15) is 0 Å². The minimum absolute atomic E-state index is 0.0195. The first-order chi connectivity index (χ1) is 23.1. The van der Waals surface area contributed by atoms with Crippen molar-refractivity contribution in [3.05, 3.63) is 92.9 Å². The van der Waals surface area contributed by atoms with Gasteiger partial charge in [0.15, 0.2) is 36.0 Å². The molecule has 0 spiro atoms. The molecular formula is C35H33NO13. The highest BCUT2D eigenvalue weighted by Crippen LogP contribution is 2.39. The van der Waals surface area contributed by atoms with Crippen LogP contribution in [0.25, 0.3) is 11.1 Å². The van der Waals surface area contributed by atoms with Crippen LogP contribution in [0, 0.1) is 0 Å². The molecule has 4 rings (SSSR count). The first-order valence-corrected chi connectivity index (χ1v) is 15.0. The van der Waals surface area contributed by atoms with Crippen LogP contribution >= 0.6 is 0 Å². The molecule has 0 fully saturated rings. The zero-order chi connectivity index (χ0) is 36.2. The number of ether oxygens (including phenoxy) is 5. The third-order valence-corrected chi connectivity index (χ3v) is 7.49. The lowest BCUT2D eigenvalue weighted by Crippen LogP contribution is -2.51. The van der Waals surface area contributed by atoms with Gasteiger partial charge in [0.05, 0.1) is 16.8 Å². The second-order valence-electron chi connectivity index (χ2n) is 11.1. The number of esters is 5. The van der Waals surface area contributed by atoms with Crippen molar-refractivity contribution in [1.29, 1.82) is 0 Å². The molecule has 0 aliphatic heterocycles. The lowest BCUT2D eigenvalue weighted by molar-refractivity contribution is -0.204. The highest BCUT2D eigenvalue weighted by atomic mass is 16.6. The average molecular weight is 676 g/mol. The molecule has 1 aliphatic carbocycles. The first-order valence-electron chi connectivity index (χ1n) is 15.0. The van der Waals surface area contributed by atoms with E-state index in [4.69, 9.17) is 23.7 Å². The average Bonchev–Trinajstić information content (AvgIpc) is 3.03. The van der Waals surface area contributed by atoms with Crippen LogP contribution < -0.4 is 5.56 Å². The normalized spacial score (nSPS) is 14.2. The fraction of sp³-hybridized carbons (Fsp3) is 0.314. The van der Waals surface area contributed by atoms with Crippen LogP contribution in [0.3, 0.4) is 0 Å². The molecule has 0 saturated carbocycles. The summed E-state index contributed by atoms with van der Waals surface area (Å²) in [6.07, 6.45) is -7.44. The number of hydrogen-bond acceptors (Lipinski definition) is 13. The molecule has 0 N–H and O–H groups in total. The lowest BCUT2D eigenvalue weighted by atomic mass is 9.78. The molecule has 256 valence electrons. The Balaban J connectivity index is 2.14. The monoisotopic (exact) mass is 675 g/mol. The number of fused-ring (bicyclic) bond motifs is 2. The van der Waals surface area contributed by atoms with Crippen LogP contribution in [0.15, 0.2) is 59.4 Å². The van der Waals surface area contributed by atoms with Crippen LogP contribution in [0.1, 0.15) is 78.3 Å². The van der Waals surface area contributed by atoms with Gasteiger partial charge in [0.25, 0.3) is 5.56 Å². The second-order valence-corrected chi connectivity index (χ2v) is 11.1. The van der Waals surface area contributed by atoms with Gasteiger partial charge < -0.3 is 28.3 Å². The van der Waals surface area contributed by atoms with Crippen LogP contribution in [0.2, 0.25) is 0 Å². The SMILES string of the molecule is CC(=O)OC[C@@H](OC(C)=O)[C@@H](OC(C)=O)[C@@H](OC(C)=O)[C@H](OC(C)=O)c1c2c(c(-c3ccccc3)c(=O)n1C)C(=O)c1ccccc1C2=O. The van der Waals surface area contributed by atoms with Gasteiger partial charge in [-0.3, -0.25) is 38.4 Å². The van der Waals surface area contributed by atoms with Gasteiger partial charge in [-0.1, -0.05) is 54.6 Å².